The predicted octanol–water partition coefficient (Wildman–Crippen LogP) is 0.628. The Bertz CT molecular complexity index is 53.7. The van der Waals surface area contributed by atoms with Gasteiger partial charge >= 0.3 is 0 Å². The lowest BCUT2D eigenvalue weighted by atomic mass is 10.6. The second-order valence-corrected chi connectivity index (χ2v) is 4.65. The Labute approximate surface area is 66.5 Å². The molecule has 0 aromatic rings. The first-order valence-corrected chi connectivity index (χ1v) is 3.13. The molecule has 36 valence electrons. The molecule has 0 unspecified atom stereocenters. The van der Waals surface area contributed by atoms with Crippen LogP contribution in [0.25, 0.3) is 0 Å². The average Bonchev–Trinajstić information content (AvgIpc) is 1.68. The van der Waals surface area contributed by atoms with E-state index in [0.29, 0.717) is 0 Å². The number of hydrogen-bond donors (Lipinski definition) is 0. The van der Waals surface area contributed by atoms with Crippen molar-refractivity contribution < 1.29 is 9.31 Å². The first-order valence-electron chi connectivity index (χ1n) is 1.26. The van der Waals surface area contributed by atoms with Gasteiger partial charge in [-0.1, -0.05) is 0 Å². The SMILES string of the molecule is [B]OC(Br)(I)O[B]. The van der Waals surface area contributed by atoms with E-state index < -0.39 is 2.70 Å². The standard InChI is InChI=1S/CB2BrIO2/c2-6-1(4,5)7-3. The summed E-state index contributed by atoms with van der Waals surface area (Å²) in [6, 6.07) is 0. The number of halogens is 2. The number of alkyl halides is 2. The van der Waals surface area contributed by atoms with Crippen molar-refractivity contribution in [3.8, 4) is 0 Å². The summed E-state index contributed by atoms with van der Waals surface area (Å²) in [6.07, 6.45) is 0. The van der Waals surface area contributed by atoms with Crippen LogP contribution in [0.15, 0.2) is 0 Å². The Morgan fingerprint density at radius 2 is 1.71 bits per heavy atom. The summed E-state index contributed by atoms with van der Waals surface area (Å²) >= 11 is 4.60. The highest BCUT2D eigenvalue weighted by Crippen LogP contribution is 2.26. The average molecular weight is 272 g/mol. The lowest BCUT2D eigenvalue weighted by Crippen LogP contribution is -2.16. The molecule has 4 radical (unpaired) electrons. The molecule has 0 aliphatic carbocycles. The minimum atomic E-state index is -1.08. The van der Waals surface area contributed by atoms with E-state index in [1.54, 1.807) is 22.6 Å². The van der Waals surface area contributed by atoms with Gasteiger partial charge in [0.05, 0.1) is 0 Å². The molecule has 0 aliphatic heterocycles. The summed E-state index contributed by atoms with van der Waals surface area (Å²) in [5.41, 5.74) is 0. The van der Waals surface area contributed by atoms with E-state index in [2.05, 4.69) is 41.3 Å². The van der Waals surface area contributed by atoms with Crippen molar-refractivity contribution in [1.82, 2.24) is 0 Å². The molecule has 0 spiro atoms. The first kappa shape index (κ1) is 8.26. The fraction of sp³-hybridized carbons (Fsp3) is 1.00. The molecule has 0 aliphatic rings. The molecule has 7 heavy (non-hydrogen) atoms. The van der Waals surface area contributed by atoms with Crippen molar-refractivity contribution in [1.29, 1.82) is 0 Å². The van der Waals surface area contributed by atoms with Gasteiger partial charge in [0, 0.05) is 0 Å². The van der Waals surface area contributed by atoms with Gasteiger partial charge < -0.3 is 9.31 Å². The fourth-order valence-corrected chi connectivity index (χ4v) is 0.0278. The van der Waals surface area contributed by atoms with Gasteiger partial charge in [-0.3, -0.25) is 0 Å². The van der Waals surface area contributed by atoms with Crippen LogP contribution in [0.1, 0.15) is 0 Å². The maximum atomic E-state index is 4.66. The minimum absolute atomic E-state index is 1.08. The molecule has 0 N–H and O–H groups in total. The number of hydrogen-bond acceptors (Lipinski definition) is 2. The van der Waals surface area contributed by atoms with Crippen LogP contribution in [0.3, 0.4) is 0 Å². The van der Waals surface area contributed by atoms with Crippen molar-refractivity contribution in [3.05, 3.63) is 0 Å². The Hall–Kier alpha value is 1.26. The predicted molar refractivity (Wildman–Crippen MR) is 39.4 cm³/mol. The topological polar surface area (TPSA) is 18.5 Å². The Morgan fingerprint density at radius 1 is 1.43 bits per heavy atom. The van der Waals surface area contributed by atoms with E-state index in [9.17, 15) is 0 Å². The molecule has 0 aromatic heterocycles. The Balaban J connectivity index is 3.36. The van der Waals surface area contributed by atoms with Crippen LogP contribution >= 0.6 is 38.5 Å². The highest BCUT2D eigenvalue weighted by atomic mass is 127. The molecule has 0 atom stereocenters. The van der Waals surface area contributed by atoms with E-state index >= 15 is 0 Å². The maximum absolute atomic E-state index is 4.66. The molecule has 0 saturated carbocycles. The van der Waals surface area contributed by atoms with Crippen LogP contribution in [0.2, 0.25) is 0 Å². The van der Waals surface area contributed by atoms with Gasteiger partial charge in [0.25, 0.3) is 18.8 Å². The molecule has 0 rings (SSSR count). The van der Waals surface area contributed by atoms with Gasteiger partial charge in [-0.2, -0.15) is 0 Å². The van der Waals surface area contributed by atoms with Crippen LogP contribution in [0.4, 0.5) is 0 Å². The van der Waals surface area contributed by atoms with Crippen LogP contribution in [0, 0.1) is 0 Å². The van der Waals surface area contributed by atoms with E-state index in [1.807, 2.05) is 0 Å². The molecule has 6 heteroatoms. The summed E-state index contributed by atoms with van der Waals surface area (Å²) in [5, 5.41) is 0. The lowest BCUT2D eigenvalue weighted by Gasteiger charge is -2.16. The molecule has 0 bridgehead atoms. The molecular formula is CB2BrIO2. The molecule has 0 heterocycles. The highest BCUT2D eigenvalue weighted by Gasteiger charge is 2.16. The second-order valence-electron chi connectivity index (χ2n) is 0.699. The third-order valence-corrected chi connectivity index (χ3v) is 1.16. The maximum Gasteiger partial charge on any atom is 0.288 e. The molecule has 0 saturated heterocycles. The number of rotatable bonds is 2. The van der Waals surface area contributed by atoms with E-state index in [1.165, 1.54) is 0 Å². The van der Waals surface area contributed by atoms with Gasteiger partial charge in [-0.15, -0.1) is 0 Å². The third-order valence-electron chi connectivity index (χ3n) is 0.274. The molecule has 0 amide bonds. The monoisotopic (exact) mass is 272 g/mol. The van der Waals surface area contributed by atoms with Gasteiger partial charge in [0.2, 0.25) is 0 Å². The molecule has 0 fully saturated rings. The van der Waals surface area contributed by atoms with Crippen LogP contribution < -0.4 is 0 Å². The van der Waals surface area contributed by atoms with E-state index in [4.69, 9.17) is 0 Å². The summed E-state index contributed by atoms with van der Waals surface area (Å²) in [4.78, 5) is 0. The van der Waals surface area contributed by atoms with Gasteiger partial charge in [-0.25, -0.2) is 0 Å². The lowest BCUT2D eigenvalue weighted by molar-refractivity contribution is 0.0939. The Morgan fingerprint density at radius 3 is 1.71 bits per heavy atom. The highest BCUT2D eigenvalue weighted by molar-refractivity contribution is 14.1. The van der Waals surface area contributed by atoms with Crippen molar-refractivity contribution in [3.63, 3.8) is 0 Å². The summed E-state index contributed by atoms with van der Waals surface area (Å²) in [7, 11) is 9.31. The summed E-state index contributed by atoms with van der Waals surface area (Å²) in [6.45, 7) is 0. The normalized spacial score (nSPS) is 11.7. The van der Waals surface area contributed by atoms with Crippen molar-refractivity contribution in [2.24, 2.45) is 0 Å². The first-order chi connectivity index (χ1) is 3.12. The smallest absolute Gasteiger partial charge is 0.288 e. The zero-order chi connectivity index (χ0) is 5.91. The van der Waals surface area contributed by atoms with Crippen molar-refractivity contribution in [2.45, 2.75) is 2.70 Å². The fourth-order valence-electron chi connectivity index (χ4n) is 0.0278. The van der Waals surface area contributed by atoms with Crippen LogP contribution in [-0.4, -0.2) is 18.8 Å². The summed E-state index contributed by atoms with van der Waals surface area (Å²) in [5.74, 6) is 0. The van der Waals surface area contributed by atoms with Crippen molar-refractivity contribution in [2.75, 3.05) is 0 Å². The summed E-state index contributed by atoms with van der Waals surface area (Å²) < 4.78 is 7.21. The molecular weight excluding hydrogens is 272 g/mol. The van der Waals surface area contributed by atoms with Crippen LogP contribution in [0.5, 0.6) is 0 Å². The van der Waals surface area contributed by atoms with Crippen molar-refractivity contribution >= 4 is 54.6 Å². The zero-order valence-electron chi connectivity index (χ0n) is 3.23. The van der Waals surface area contributed by atoms with Crippen LogP contribution in [-0.2, 0) is 9.31 Å². The molecule has 2 nitrogen and oxygen atoms in total. The van der Waals surface area contributed by atoms with Gasteiger partial charge in [0.15, 0.2) is 0 Å². The van der Waals surface area contributed by atoms with Gasteiger partial charge in [0.1, 0.15) is 0 Å². The largest absolute Gasteiger partial charge is 0.407 e. The third kappa shape index (κ3) is 3.81. The Kier molecular flexibility index (Phi) is 3.91. The second kappa shape index (κ2) is 3.32. The van der Waals surface area contributed by atoms with Gasteiger partial charge in [-0.05, 0) is 38.5 Å². The van der Waals surface area contributed by atoms with E-state index in [0.717, 1.165) is 0 Å². The minimum Gasteiger partial charge on any atom is -0.407 e. The zero-order valence-corrected chi connectivity index (χ0v) is 6.97. The molecule has 0 aromatic carbocycles. The quantitative estimate of drug-likeness (QED) is 0.318. The van der Waals surface area contributed by atoms with E-state index in [-0.39, 0.29) is 0 Å².